The number of nitrogens with zero attached hydrogens (tertiary/aromatic N) is 1. The molecule has 0 fully saturated rings. The molecule has 0 aliphatic carbocycles. The van der Waals surface area contributed by atoms with Crippen molar-refractivity contribution in [3.8, 4) is 5.75 Å². The molecule has 0 spiro atoms. The van der Waals surface area contributed by atoms with E-state index in [0.29, 0.717) is 0 Å². The van der Waals surface area contributed by atoms with E-state index in [9.17, 15) is 14.9 Å². The van der Waals surface area contributed by atoms with E-state index in [0.717, 1.165) is 0 Å². The number of hydrogen-bond donors (Lipinski definition) is 0. The number of para-hydroxylation sites is 1. The van der Waals surface area contributed by atoms with Gasteiger partial charge in [0.05, 0.1) is 20.0 Å². The molecule has 1 atom stereocenters. The smallest absolute Gasteiger partial charge is 0.311 e. The number of nitro benzene ring substituents is 1. The third kappa shape index (κ3) is 1.88. The van der Waals surface area contributed by atoms with Crippen molar-refractivity contribution < 1.29 is 14.2 Å². The summed E-state index contributed by atoms with van der Waals surface area (Å²) >= 11 is 0. The number of Topliss-reactive ketones (excluding diaryl/α,β-unsaturated/α-hetero) is 1. The molecule has 0 aromatic heterocycles. The van der Waals surface area contributed by atoms with Crippen LogP contribution in [0.3, 0.4) is 0 Å². The van der Waals surface area contributed by atoms with E-state index in [1.165, 1.54) is 25.1 Å². The molecule has 0 N–H and O–H groups in total. The van der Waals surface area contributed by atoms with E-state index < -0.39 is 4.92 Å². The topological polar surface area (TPSA) is 69.4 Å². The van der Waals surface area contributed by atoms with E-state index in [1.807, 2.05) is 9.47 Å². The van der Waals surface area contributed by atoms with Gasteiger partial charge in [0.1, 0.15) is 0 Å². The van der Waals surface area contributed by atoms with Crippen molar-refractivity contribution in [3.63, 3.8) is 0 Å². The average molecular weight is 213 g/mol. The lowest BCUT2D eigenvalue weighted by Crippen LogP contribution is -1.98. The summed E-state index contributed by atoms with van der Waals surface area (Å²) in [6, 6.07) is 4.21. The Balaban J connectivity index is 3.39. The van der Waals surface area contributed by atoms with E-state index in [-0.39, 0.29) is 22.8 Å². The maximum Gasteiger partial charge on any atom is 0.311 e. The van der Waals surface area contributed by atoms with Crippen molar-refractivity contribution in [1.29, 1.82) is 0 Å². The fraction of sp³-hybridized carbons (Fsp3) is 0.125. The maximum atomic E-state index is 11.1. The fourth-order valence-corrected chi connectivity index (χ4v) is 1.32. The Morgan fingerprint density at radius 1 is 1.57 bits per heavy atom. The summed E-state index contributed by atoms with van der Waals surface area (Å²) in [6.45, 7) is 1.33. The molecular weight excluding hydrogens is 205 g/mol. The minimum Gasteiger partial charge on any atom is -0.473 e. The van der Waals surface area contributed by atoms with E-state index >= 15 is 0 Å². The summed E-state index contributed by atoms with van der Waals surface area (Å²) in [6.07, 6.45) is 0. The molecule has 0 amide bonds. The van der Waals surface area contributed by atoms with Crippen molar-refractivity contribution in [2.75, 3.05) is 0 Å². The summed E-state index contributed by atoms with van der Waals surface area (Å²) in [5.41, 5.74) is -0.0121. The average Bonchev–Trinajstić information content (AvgIpc) is 2.16. The maximum absolute atomic E-state index is 11.1. The lowest BCUT2D eigenvalue weighted by Gasteiger charge is -2.04. The van der Waals surface area contributed by atoms with Gasteiger partial charge in [-0.05, 0) is 13.0 Å². The number of rotatable bonds is 3. The first kappa shape index (κ1) is 10.6. The Labute approximate surface area is 82.5 Å². The summed E-state index contributed by atoms with van der Waals surface area (Å²) in [7, 11) is 1.90. The van der Waals surface area contributed by atoms with Crippen molar-refractivity contribution in [1.82, 2.24) is 0 Å². The van der Waals surface area contributed by atoms with Gasteiger partial charge in [-0.2, -0.15) is 0 Å². The summed E-state index contributed by atoms with van der Waals surface area (Å²) in [4.78, 5) is 21.1. The summed E-state index contributed by atoms with van der Waals surface area (Å²) < 4.78 is 4.75. The van der Waals surface area contributed by atoms with Crippen LogP contribution in [0.4, 0.5) is 5.69 Å². The Morgan fingerprint density at radius 3 is 2.64 bits per heavy atom. The van der Waals surface area contributed by atoms with Crippen LogP contribution in [0.2, 0.25) is 0 Å². The number of nitro groups is 1. The molecule has 14 heavy (non-hydrogen) atoms. The highest BCUT2D eigenvalue weighted by Gasteiger charge is 2.19. The largest absolute Gasteiger partial charge is 0.473 e. The van der Waals surface area contributed by atoms with Crippen LogP contribution in [-0.4, -0.2) is 10.7 Å². The van der Waals surface area contributed by atoms with Crippen LogP contribution >= 0.6 is 9.47 Å². The minimum atomic E-state index is -0.591. The van der Waals surface area contributed by atoms with Gasteiger partial charge >= 0.3 is 5.69 Å². The van der Waals surface area contributed by atoms with Crippen LogP contribution in [0.25, 0.3) is 0 Å². The van der Waals surface area contributed by atoms with Gasteiger partial charge in [0, 0.05) is 6.07 Å². The van der Waals surface area contributed by atoms with E-state index in [1.54, 1.807) is 0 Å². The lowest BCUT2D eigenvalue weighted by atomic mass is 10.1. The predicted octanol–water partition coefficient (Wildman–Crippen LogP) is 1.97. The highest BCUT2D eigenvalue weighted by atomic mass is 31.0. The molecule has 0 radical (unpaired) electrons. The third-order valence-electron chi connectivity index (χ3n) is 1.69. The van der Waals surface area contributed by atoms with Gasteiger partial charge in [0.25, 0.3) is 0 Å². The molecule has 0 bridgehead atoms. The highest BCUT2D eigenvalue weighted by molar-refractivity contribution is 7.10. The van der Waals surface area contributed by atoms with Gasteiger partial charge < -0.3 is 4.52 Å². The van der Waals surface area contributed by atoms with Crippen molar-refractivity contribution in [2.45, 2.75) is 6.92 Å². The van der Waals surface area contributed by atoms with Crippen molar-refractivity contribution in [3.05, 3.63) is 33.9 Å². The second-order valence-corrected chi connectivity index (χ2v) is 2.82. The molecular formula is C8H8NO4P. The van der Waals surface area contributed by atoms with E-state index in [4.69, 9.17) is 4.52 Å². The molecule has 1 aromatic rings. The first-order chi connectivity index (χ1) is 6.57. The molecule has 5 nitrogen and oxygen atoms in total. The standard InChI is InChI=1S/C8H8NO4P/c1-5(10)6-3-2-4-7(9(11)12)8(6)13-14/h2-4H,14H2,1H3. The molecule has 0 saturated carbocycles. The molecule has 6 heteroatoms. The van der Waals surface area contributed by atoms with Crippen LogP contribution in [-0.2, 0) is 0 Å². The van der Waals surface area contributed by atoms with Gasteiger partial charge in [0.15, 0.2) is 5.78 Å². The predicted molar refractivity (Wildman–Crippen MR) is 53.4 cm³/mol. The Bertz CT molecular complexity index is 359. The first-order valence-electron chi connectivity index (χ1n) is 3.73. The van der Waals surface area contributed by atoms with E-state index in [2.05, 4.69) is 0 Å². The van der Waals surface area contributed by atoms with Gasteiger partial charge in [-0.3, -0.25) is 14.9 Å². The normalized spacial score (nSPS) is 9.57. The molecule has 1 rings (SSSR count). The number of benzene rings is 1. The van der Waals surface area contributed by atoms with Crippen LogP contribution in [0.5, 0.6) is 5.75 Å². The Morgan fingerprint density at radius 2 is 2.21 bits per heavy atom. The quantitative estimate of drug-likeness (QED) is 0.333. The Kier molecular flexibility index (Phi) is 3.14. The molecule has 1 aromatic carbocycles. The van der Waals surface area contributed by atoms with Gasteiger partial charge in [-0.15, -0.1) is 0 Å². The number of hydrogen-bond acceptors (Lipinski definition) is 4. The van der Waals surface area contributed by atoms with Crippen LogP contribution in [0, 0.1) is 10.1 Å². The zero-order valence-electron chi connectivity index (χ0n) is 7.39. The highest BCUT2D eigenvalue weighted by Crippen LogP contribution is 2.32. The minimum absolute atomic E-state index is 0.0185. The number of carbonyl (C=O) groups excluding carboxylic acids is 1. The monoisotopic (exact) mass is 213 g/mol. The van der Waals surface area contributed by atoms with Gasteiger partial charge in [-0.25, -0.2) is 0 Å². The third-order valence-corrected chi connectivity index (χ3v) is 1.92. The molecule has 0 saturated heterocycles. The second-order valence-electron chi connectivity index (χ2n) is 2.58. The zero-order valence-corrected chi connectivity index (χ0v) is 8.54. The molecule has 1 unspecified atom stereocenters. The fourth-order valence-electron chi connectivity index (χ4n) is 1.07. The number of ketones is 1. The zero-order chi connectivity index (χ0) is 10.7. The van der Waals surface area contributed by atoms with Crippen molar-refractivity contribution in [2.24, 2.45) is 0 Å². The molecule has 74 valence electrons. The van der Waals surface area contributed by atoms with Crippen LogP contribution in [0.1, 0.15) is 17.3 Å². The number of carbonyl (C=O) groups is 1. The summed E-state index contributed by atoms with van der Waals surface area (Å²) in [5.74, 6) is -0.291. The van der Waals surface area contributed by atoms with Crippen LogP contribution < -0.4 is 4.52 Å². The SMILES string of the molecule is CC(=O)c1cccc([N+](=O)[O-])c1OP. The molecule has 0 aliphatic heterocycles. The van der Waals surface area contributed by atoms with Gasteiger partial charge in [0.2, 0.25) is 5.75 Å². The lowest BCUT2D eigenvalue weighted by molar-refractivity contribution is -0.385. The summed E-state index contributed by atoms with van der Waals surface area (Å²) in [5, 5.41) is 10.6. The first-order valence-corrected chi connectivity index (χ1v) is 4.20. The Hall–Kier alpha value is -1.48. The molecule has 0 heterocycles. The van der Waals surface area contributed by atoms with Crippen molar-refractivity contribution >= 4 is 20.9 Å². The van der Waals surface area contributed by atoms with Gasteiger partial charge in [-0.1, -0.05) is 6.07 Å². The molecule has 0 aliphatic rings. The van der Waals surface area contributed by atoms with Crippen LogP contribution in [0.15, 0.2) is 18.2 Å². The second kappa shape index (κ2) is 4.15.